The molecule has 2 nitrogen and oxygen atoms in total. The number of carbonyl (C=O) groups excluding carboxylic acids is 1. The van der Waals surface area contributed by atoms with Gasteiger partial charge in [0.1, 0.15) is 0 Å². The summed E-state index contributed by atoms with van der Waals surface area (Å²) in [5, 5.41) is 3.05. The van der Waals surface area contributed by atoms with Gasteiger partial charge in [-0.25, -0.2) is 0 Å². The summed E-state index contributed by atoms with van der Waals surface area (Å²) < 4.78 is 0. The van der Waals surface area contributed by atoms with E-state index in [9.17, 15) is 4.79 Å². The fraction of sp³-hybridized carbons (Fsp3) is 0.429. The number of carbonyl (C=O) groups is 1. The lowest BCUT2D eigenvalue weighted by molar-refractivity contribution is 0.0935. The highest BCUT2D eigenvalue weighted by atomic mass is 16.1. The smallest absolute Gasteiger partial charge is 0.251 e. The molecule has 1 radical (unpaired) electrons. The van der Waals surface area contributed by atoms with Crippen molar-refractivity contribution in [1.29, 1.82) is 0 Å². The van der Waals surface area contributed by atoms with Crippen molar-refractivity contribution < 1.29 is 4.79 Å². The molecule has 0 saturated heterocycles. The fourth-order valence-corrected chi connectivity index (χ4v) is 1.55. The molecule has 0 aromatic heterocycles. The second-order valence-electron chi connectivity index (χ2n) is 3.88. The van der Waals surface area contributed by atoms with Crippen molar-refractivity contribution in [1.82, 2.24) is 5.32 Å². The van der Waals surface area contributed by atoms with E-state index in [0.717, 1.165) is 24.8 Å². The van der Waals surface area contributed by atoms with Gasteiger partial charge in [-0.05, 0) is 31.4 Å². The molecule has 0 saturated carbocycles. The molecule has 0 bridgehead atoms. The normalized spacial score (nSPS) is 12.1. The first kappa shape index (κ1) is 12.8. The Labute approximate surface area is 98.1 Å². The van der Waals surface area contributed by atoms with Gasteiger partial charge in [0.25, 0.3) is 5.91 Å². The first-order valence-corrected chi connectivity index (χ1v) is 5.95. The summed E-state index contributed by atoms with van der Waals surface area (Å²) in [7, 11) is 0. The molecule has 0 heterocycles. The number of rotatable bonds is 6. The maximum atomic E-state index is 11.9. The lowest BCUT2D eigenvalue weighted by atomic mass is 10.1. The third-order valence-electron chi connectivity index (χ3n) is 2.60. The summed E-state index contributed by atoms with van der Waals surface area (Å²) in [5.74, 6) is 0.0250. The molecule has 1 amide bonds. The molecule has 0 fully saturated rings. The second-order valence-corrected chi connectivity index (χ2v) is 3.88. The SMILES string of the molecule is CC[CH]CC(CC)NC(=O)c1ccccc1. The van der Waals surface area contributed by atoms with Gasteiger partial charge in [0, 0.05) is 11.6 Å². The van der Waals surface area contributed by atoms with Gasteiger partial charge >= 0.3 is 0 Å². The van der Waals surface area contributed by atoms with Crippen LogP contribution < -0.4 is 5.32 Å². The molecular weight excluding hydrogens is 198 g/mol. The third kappa shape index (κ3) is 4.05. The van der Waals surface area contributed by atoms with Crippen molar-refractivity contribution in [2.45, 2.75) is 39.2 Å². The van der Waals surface area contributed by atoms with Crippen molar-refractivity contribution in [2.75, 3.05) is 0 Å². The van der Waals surface area contributed by atoms with E-state index in [-0.39, 0.29) is 11.9 Å². The average molecular weight is 218 g/mol. The van der Waals surface area contributed by atoms with Crippen LogP contribution in [0.15, 0.2) is 30.3 Å². The Morgan fingerprint density at radius 1 is 1.31 bits per heavy atom. The number of hydrogen-bond donors (Lipinski definition) is 1. The van der Waals surface area contributed by atoms with Gasteiger partial charge in [-0.1, -0.05) is 38.5 Å². The highest BCUT2D eigenvalue weighted by Crippen LogP contribution is 2.05. The topological polar surface area (TPSA) is 29.1 Å². The Bertz CT molecular complexity index is 308. The predicted molar refractivity (Wildman–Crippen MR) is 67.2 cm³/mol. The van der Waals surface area contributed by atoms with E-state index in [2.05, 4.69) is 25.6 Å². The van der Waals surface area contributed by atoms with Crippen LogP contribution in [0.25, 0.3) is 0 Å². The van der Waals surface area contributed by atoms with E-state index in [1.54, 1.807) is 0 Å². The molecule has 1 aromatic rings. The van der Waals surface area contributed by atoms with Gasteiger partial charge in [0.2, 0.25) is 0 Å². The molecule has 0 aliphatic heterocycles. The molecule has 1 atom stereocenters. The zero-order chi connectivity index (χ0) is 11.8. The fourth-order valence-electron chi connectivity index (χ4n) is 1.55. The monoisotopic (exact) mass is 218 g/mol. The molecule has 1 unspecified atom stereocenters. The van der Waals surface area contributed by atoms with Crippen LogP contribution in [-0.2, 0) is 0 Å². The standard InChI is InChI=1S/C14H20NO/c1-3-5-11-13(4-2)15-14(16)12-9-7-6-8-10-12/h5-10,13H,3-4,11H2,1-2H3,(H,15,16). The molecule has 0 aliphatic carbocycles. The molecule has 87 valence electrons. The maximum absolute atomic E-state index is 11.9. The van der Waals surface area contributed by atoms with Crippen LogP contribution in [0.1, 0.15) is 43.5 Å². The van der Waals surface area contributed by atoms with Gasteiger partial charge in [0.05, 0.1) is 0 Å². The van der Waals surface area contributed by atoms with Crippen LogP contribution in [0, 0.1) is 6.42 Å². The third-order valence-corrected chi connectivity index (χ3v) is 2.60. The highest BCUT2D eigenvalue weighted by molar-refractivity contribution is 5.94. The Hall–Kier alpha value is -1.31. The van der Waals surface area contributed by atoms with Crippen LogP contribution in [-0.4, -0.2) is 11.9 Å². The van der Waals surface area contributed by atoms with Gasteiger partial charge in [0.15, 0.2) is 0 Å². The highest BCUT2D eigenvalue weighted by Gasteiger charge is 2.10. The molecule has 0 aliphatic rings. The van der Waals surface area contributed by atoms with E-state index in [4.69, 9.17) is 0 Å². The minimum atomic E-state index is 0.0250. The summed E-state index contributed by atoms with van der Waals surface area (Å²) in [6.07, 6.45) is 5.18. The van der Waals surface area contributed by atoms with E-state index in [1.165, 1.54) is 0 Å². The van der Waals surface area contributed by atoms with E-state index >= 15 is 0 Å². The van der Waals surface area contributed by atoms with Crippen molar-refractivity contribution in [3.63, 3.8) is 0 Å². The Balaban J connectivity index is 2.49. The average Bonchev–Trinajstić information content (AvgIpc) is 2.35. The minimum Gasteiger partial charge on any atom is -0.349 e. The molecule has 2 heteroatoms. The zero-order valence-corrected chi connectivity index (χ0v) is 10.1. The molecule has 1 aromatic carbocycles. The first-order valence-electron chi connectivity index (χ1n) is 5.95. The van der Waals surface area contributed by atoms with Crippen molar-refractivity contribution in [3.05, 3.63) is 42.3 Å². The summed E-state index contributed by atoms with van der Waals surface area (Å²) in [6.45, 7) is 4.21. The number of hydrogen-bond acceptors (Lipinski definition) is 1. The van der Waals surface area contributed by atoms with E-state index < -0.39 is 0 Å². The summed E-state index contributed by atoms with van der Waals surface area (Å²) in [5.41, 5.74) is 0.734. The van der Waals surface area contributed by atoms with Gasteiger partial charge in [-0.2, -0.15) is 0 Å². The molecular formula is C14H20NO. The number of benzene rings is 1. The van der Waals surface area contributed by atoms with Crippen LogP contribution in [0.5, 0.6) is 0 Å². The summed E-state index contributed by atoms with van der Waals surface area (Å²) in [6, 6.07) is 9.62. The Kier molecular flexibility index (Phi) is 5.62. The lowest BCUT2D eigenvalue weighted by Crippen LogP contribution is -2.34. The van der Waals surface area contributed by atoms with Crippen LogP contribution >= 0.6 is 0 Å². The van der Waals surface area contributed by atoms with Gasteiger partial charge in [-0.15, -0.1) is 0 Å². The summed E-state index contributed by atoms with van der Waals surface area (Å²) >= 11 is 0. The molecule has 16 heavy (non-hydrogen) atoms. The molecule has 0 spiro atoms. The maximum Gasteiger partial charge on any atom is 0.251 e. The minimum absolute atomic E-state index is 0.0250. The van der Waals surface area contributed by atoms with Gasteiger partial charge in [-0.3, -0.25) is 4.79 Å². The molecule has 1 N–H and O–H groups in total. The number of nitrogens with one attached hydrogen (secondary N) is 1. The van der Waals surface area contributed by atoms with Crippen molar-refractivity contribution in [2.24, 2.45) is 0 Å². The number of unbranched alkanes of at least 4 members (excludes halogenated alkanes) is 1. The zero-order valence-electron chi connectivity index (χ0n) is 10.1. The van der Waals surface area contributed by atoms with Gasteiger partial charge < -0.3 is 5.32 Å². The molecule has 1 rings (SSSR count). The van der Waals surface area contributed by atoms with Crippen LogP contribution in [0.4, 0.5) is 0 Å². The van der Waals surface area contributed by atoms with Crippen LogP contribution in [0.3, 0.4) is 0 Å². The van der Waals surface area contributed by atoms with E-state index in [1.807, 2.05) is 30.3 Å². The first-order chi connectivity index (χ1) is 7.77. The lowest BCUT2D eigenvalue weighted by Gasteiger charge is -2.16. The second kappa shape index (κ2) is 7.04. The van der Waals surface area contributed by atoms with Crippen molar-refractivity contribution in [3.8, 4) is 0 Å². The predicted octanol–water partition coefficient (Wildman–Crippen LogP) is 3.20. The van der Waals surface area contributed by atoms with Crippen molar-refractivity contribution >= 4 is 5.91 Å². The Morgan fingerprint density at radius 2 is 2.00 bits per heavy atom. The number of amides is 1. The quantitative estimate of drug-likeness (QED) is 0.780. The summed E-state index contributed by atoms with van der Waals surface area (Å²) in [4.78, 5) is 11.9. The van der Waals surface area contributed by atoms with Crippen LogP contribution in [0.2, 0.25) is 0 Å². The largest absolute Gasteiger partial charge is 0.349 e. The van der Waals surface area contributed by atoms with E-state index in [0.29, 0.717) is 0 Å². The Morgan fingerprint density at radius 3 is 2.56 bits per heavy atom.